The topological polar surface area (TPSA) is 112 Å². The van der Waals surface area contributed by atoms with Gasteiger partial charge in [-0.05, 0) is 68.1 Å². The molecule has 2 aliphatic heterocycles. The molecule has 1 aromatic heterocycles. The summed E-state index contributed by atoms with van der Waals surface area (Å²) in [4.78, 5) is 32.3. The van der Waals surface area contributed by atoms with Crippen molar-refractivity contribution in [3.8, 4) is 0 Å². The molecule has 0 unspecified atom stereocenters. The Labute approximate surface area is 219 Å². The average molecular weight is 528 g/mol. The lowest BCUT2D eigenvalue weighted by molar-refractivity contribution is 0.0954. The van der Waals surface area contributed by atoms with Crippen LogP contribution in [0.25, 0.3) is 0 Å². The third-order valence-corrected chi connectivity index (χ3v) is 8.81. The van der Waals surface area contributed by atoms with Crippen molar-refractivity contribution in [2.24, 2.45) is 0 Å². The fourth-order valence-corrected chi connectivity index (χ4v) is 6.31. The van der Waals surface area contributed by atoms with Crippen LogP contribution in [0.1, 0.15) is 71.2 Å². The van der Waals surface area contributed by atoms with Crippen molar-refractivity contribution in [2.45, 2.75) is 51.5 Å². The summed E-state index contributed by atoms with van der Waals surface area (Å²) < 4.78 is 26.4. The smallest absolute Gasteiger partial charge is 0.259 e. The molecule has 0 spiro atoms. The van der Waals surface area contributed by atoms with Crippen LogP contribution in [0.15, 0.2) is 42.7 Å². The number of fused-ring (bicyclic) bond motifs is 1. The number of carbonyl (C=O) groups excluding carboxylic acids is 2. The third-order valence-electron chi connectivity index (χ3n) is 6.94. The highest BCUT2D eigenvalue weighted by atomic mass is 32.2. The minimum Gasteiger partial charge on any atom is -0.351 e. The van der Waals surface area contributed by atoms with E-state index in [-0.39, 0.29) is 24.1 Å². The molecule has 10 heteroatoms. The summed E-state index contributed by atoms with van der Waals surface area (Å²) in [6.07, 6.45) is 10.3. The van der Waals surface area contributed by atoms with Crippen LogP contribution >= 0.6 is 0 Å². The van der Waals surface area contributed by atoms with Crippen LogP contribution in [0, 0.1) is 0 Å². The van der Waals surface area contributed by atoms with Gasteiger partial charge in [-0.25, -0.2) is 12.7 Å². The van der Waals surface area contributed by atoms with Gasteiger partial charge < -0.3 is 15.5 Å². The number of rotatable bonds is 6. The molecule has 0 atom stereocenters. The normalized spacial score (nSPS) is 17.9. The Morgan fingerprint density at radius 1 is 0.946 bits per heavy atom. The quantitative estimate of drug-likeness (QED) is 0.598. The molecule has 3 heterocycles. The Balaban J connectivity index is 1.52. The van der Waals surface area contributed by atoms with Gasteiger partial charge in [0.05, 0.1) is 11.3 Å². The molecule has 2 N–H and O–H groups in total. The van der Waals surface area contributed by atoms with Gasteiger partial charge >= 0.3 is 0 Å². The predicted octanol–water partition coefficient (Wildman–Crippen LogP) is 2.94. The summed E-state index contributed by atoms with van der Waals surface area (Å²) in [5, 5.41) is 6.21. The molecule has 0 aliphatic carbocycles. The first kappa shape index (κ1) is 27.2. The zero-order valence-corrected chi connectivity index (χ0v) is 22.1. The Bertz CT molecular complexity index is 1170. The molecule has 0 radical (unpaired) electrons. The lowest BCUT2D eigenvalue weighted by Crippen LogP contribution is -2.36. The number of sulfonamides is 1. The van der Waals surface area contributed by atoms with E-state index >= 15 is 0 Å². The molecular formula is C27H37N5O4S. The summed E-state index contributed by atoms with van der Waals surface area (Å²) in [6.45, 7) is 3.14. The van der Waals surface area contributed by atoms with E-state index in [1.165, 1.54) is 4.31 Å². The van der Waals surface area contributed by atoms with E-state index in [0.29, 0.717) is 37.3 Å². The highest BCUT2D eigenvalue weighted by Gasteiger charge is 2.25. The number of nitrogens with zero attached hydrogens (tertiary/aromatic N) is 3. The van der Waals surface area contributed by atoms with E-state index in [0.717, 1.165) is 62.7 Å². The van der Waals surface area contributed by atoms with Crippen molar-refractivity contribution in [2.75, 3.05) is 43.4 Å². The van der Waals surface area contributed by atoms with Crippen LogP contribution in [0.2, 0.25) is 0 Å². The maximum atomic E-state index is 13.5. The molecule has 1 fully saturated rings. The molecular weight excluding hydrogens is 490 g/mol. The summed E-state index contributed by atoms with van der Waals surface area (Å²) in [5.74, 6) is -0.551. The van der Waals surface area contributed by atoms with Gasteiger partial charge in [0, 0.05) is 56.4 Å². The maximum absolute atomic E-state index is 13.5. The first-order chi connectivity index (χ1) is 18.0. The van der Waals surface area contributed by atoms with Gasteiger partial charge in [0.2, 0.25) is 10.0 Å². The molecule has 0 saturated carbocycles. The van der Waals surface area contributed by atoms with E-state index in [4.69, 9.17) is 0 Å². The van der Waals surface area contributed by atoms with E-state index in [9.17, 15) is 18.0 Å². The van der Waals surface area contributed by atoms with Crippen molar-refractivity contribution in [1.82, 2.24) is 19.9 Å². The highest BCUT2D eigenvalue weighted by molar-refractivity contribution is 7.89. The number of hydrogen-bond acceptors (Lipinski definition) is 6. The van der Waals surface area contributed by atoms with E-state index in [1.807, 2.05) is 12.1 Å². The second-order valence-corrected chi connectivity index (χ2v) is 11.8. The van der Waals surface area contributed by atoms with Gasteiger partial charge in [-0.1, -0.05) is 19.3 Å². The van der Waals surface area contributed by atoms with Crippen molar-refractivity contribution in [3.63, 3.8) is 0 Å². The first-order valence-electron chi connectivity index (χ1n) is 13.3. The maximum Gasteiger partial charge on any atom is 0.259 e. The second-order valence-electron chi connectivity index (χ2n) is 9.66. The lowest BCUT2D eigenvalue weighted by atomic mass is 10.0. The minimum atomic E-state index is -3.36. The van der Waals surface area contributed by atoms with Gasteiger partial charge in [-0.15, -0.1) is 0 Å². The van der Waals surface area contributed by atoms with E-state index in [2.05, 4.69) is 15.6 Å². The Hall–Kier alpha value is -2.82. The Morgan fingerprint density at radius 3 is 2.49 bits per heavy atom. The van der Waals surface area contributed by atoms with Gasteiger partial charge in [-0.2, -0.15) is 0 Å². The van der Waals surface area contributed by atoms with Gasteiger partial charge in [0.25, 0.3) is 11.8 Å². The molecule has 9 nitrogen and oxygen atoms in total. The van der Waals surface area contributed by atoms with Crippen molar-refractivity contribution in [1.29, 1.82) is 0 Å². The van der Waals surface area contributed by atoms with Crippen LogP contribution in [0.5, 0.6) is 0 Å². The molecule has 37 heavy (non-hydrogen) atoms. The summed E-state index contributed by atoms with van der Waals surface area (Å²) in [7, 11) is -3.36. The van der Waals surface area contributed by atoms with Crippen LogP contribution in [-0.2, 0) is 16.6 Å². The SMILES string of the molecule is O=C(NCCS(=O)(=O)N1CCCC1)c1ccc2c(c1)CNCCCCCCCN2C(=O)c1cccnc1. The fraction of sp³-hybridized carbons (Fsp3) is 0.519. The summed E-state index contributed by atoms with van der Waals surface area (Å²) in [6, 6.07) is 8.86. The molecule has 1 aromatic carbocycles. The third kappa shape index (κ3) is 7.37. The van der Waals surface area contributed by atoms with E-state index < -0.39 is 10.0 Å². The van der Waals surface area contributed by atoms with Gasteiger partial charge in [0.15, 0.2) is 0 Å². The number of benzene rings is 1. The van der Waals surface area contributed by atoms with Gasteiger partial charge in [0.1, 0.15) is 0 Å². The second kappa shape index (κ2) is 13.1. The molecule has 1 saturated heterocycles. The van der Waals surface area contributed by atoms with Crippen LogP contribution < -0.4 is 15.5 Å². The van der Waals surface area contributed by atoms with Crippen molar-refractivity contribution < 1.29 is 18.0 Å². The Kier molecular flexibility index (Phi) is 9.65. The molecule has 0 bridgehead atoms. The molecule has 4 rings (SSSR count). The minimum absolute atomic E-state index is 0.0542. The first-order valence-corrected chi connectivity index (χ1v) is 14.9. The number of anilines is 1. The van der Waals surface area contributed by atoms with Gasteiger partial charge in [-0.3, -0.25) is 14.6 Å². The van der Waals surface area contributed by atoms with Crippen LogP contribution in [0.3, 0.4) is 0 Å². The highest BCUT2D eigenvalue weighted by Crippen LogP contribution is 2.26. The van der Waals surface area contributed by atoms with Crippen molar-refractivity contribution in [3.05, 3.63) is 59.4 Å². The average Bonchev–Trinajstić information content (AvgIpc) is 3.45. The largest absolute Gasteiger partial charge is 0.351 e. The van der Waals surface area contributed by atoms with Crippen LogP contribution in [-0.4, -0.2) is 68.0 Å². The number of amides is 2. The number of carbonyl (C=O) groups is 2. The predicted molar refractivity (Wildman–Crippen MR) is 144 cm³/mol. The molecule has 200 valence electrons. The fourth-order valence-electron chi connectivity index (χ4n) is 4.87. The van der Waals surface area contributed by atoms with Crippen LogP contribution in [0.4, 0.5) is 5.69 Å². The number of nitrogens with one attached hydrogen (secondary N) is 2. The zero-order chi connectivity index (χ0) is 26.1. The summed E-state index contributed by atoms with van der Waals surface area (Å²) >= 11 is 0. The number of hydrogen-bond donors (Lipinski definition) is 2. The molecule has 2 aromatic rings. The zero-order valence-electron chi connectivity index (χ0n) is 21.3. The number of aromatic nitrogens is 1. The van der Waals surface area contributed by atoms with E-state index in [1.54, 1.807) is 35.5 Å². The Morgan fingerprint density at radius 2 is 1.70 bits per heavy atom. The molecule has 2 aliphatic rings. The van der Waals surface area contributed by atoms with Crippen molar-refractivity contribution >= 4 is 27.5 Å². The lowest BCUT2D eigenvalue weighted by Gasteiger charge is -2.26. The summed E-state index contributed by atoms with van der Waals surface area (Å²) in [5.41, 5.74) is 2.60. The monoisotopic (exact) mass is 527 g/mol. The molecule has 2 amide bonds. The number of pyridine rings is 1. The standard InChI is InChI=1S/C27H37N5O4S/c33-26(30-14-18-37(35,36)31-15-6-7-16-31)22-10-11-25-24(19-22)21-28-12-4-2-1-3-5-17-32(25)27(34)23-9-8-13-29-20-23/h8-11,13,19-20,28H,1-7,12,14-18,21H2,(H,30,33).